The Morgan fingerprint density at radius 3 is 1.21 bits per heavy atom. The second-order valence-corrected chi connectivity index (χ2v) is 26.4. The molecule has 376 valence electrons. The van der Waals surface area contributed by atoms with Gasteiger partial charge in [0.15, 0.2) is 13.9 Å². The molecule has 7 heteroatoms. The minimum Gasteiger partial charge on any atom is -0.309 e. The molecule has 78 heavy (non-hydrogen) atoms. The number of rotatable bonds is 8. The van der Waals surface area contributed by atoms with Crippen molar-refractivity contribution in [1.29, 1.82) is 0 Å². The van der Waals surface area contributed by atoms with E-state index in [1.807, 2.05) is 34.9 Å². The summed E-state index contributed by atoms with van der Waals surface area (Å²) >= 11 is 0. The first kappa shape index (κ1) is 43.0. The molecule has 4 aromatic heterocycles. The molecule has 14 aromatic rings. The van der Waals surface area contributed by atoms with E-state index in [0.717, 1.165) is 76.5 Å². The first-order valence-electron chi connectivity index (χ1n) is 28.8. The summed E-state index contributed by atoms with van der Waals surface area (Å²) in [5.74, 6) is 0.688. The van der Waals surface area contributed by atoms with Crippen LogP contribution in [0.1, 0.15) is 58.2 Å². The topological polar surface area (TPSA) is 53.5 Å². The lowest BCUT2D eigenvalue weighted by Gasteiger charge is -2.34. The first-order valence-corrected chi connectivity index (χ1v) is 28.8. The minimum atomic E-state index is -3.06. The molecular weight excluding hydrogens is 965 g/mol. The number of para-hydroxylation sites is 4. The van der Waals surface area contributed by atoms with Gasteiger partial charge in [0.05, 0.1) is 44.3 Å². The van der Waals surface area contributed by atoms with Gasteiger partial charge in [0.1, 0.15) is 0 Å². The fourth-order valence-electron chi connectivity index (χ4n) is 12.1. The summed E-state index contributed by atoms with van der Waals surface area (Å²) in [6.45, 7) is 13.2. The molecule has 0 aliphatic rings. The lowest BCUT2D eigenvalue weighted by Crippen LogP contribution is -2.74. The second-order valence-electron chi connectivity index (χ2n) is 22.6. The molecule has 0 radical (unpaired) electrons. The van der Waals surface area contributed by atoms with Gasteiger partial charge >= 0.3 is 0 Å². The third kappa shape index (κ3) is 7.40. The van der Waals surface area contributed by atoms with Crippen LogP contribution in [0.15, 0.2) is 243 Å². The molecule has 0 unspecified atom stereocenters. The Balaban J connectivity index is 1.13. The van der Waals surface area contributed by atoms with E-state index >= 15 is 0 Å². The quantitative estimate of drug-likeness (QED) is 0.113. The molecule has 0 saturated carbocycles. The van der Waals surface area contributed by atoms with E-state index in [9.17, 15) is 5.48 Å². The Hall–Kier alpha value is -9.17. The van der Waals surface area contributed by atoms with Gasteiger partial charge < -0.3 is 4.57 Å². The van der Waals surface area contributed by atoms with E-state index in [-0.39, 0.29) is 52.1 Å². The molecule has 0 bridgehead atoms. The summed E-state index contributed by atoms with van der Waals surface area (Å²) in [5.41, 5.74) is 7.47. The Morgan fingerprint density at radius 1 is 0.346 bits per heavy atom. The van der Waals surface area contributed by atoms with Crippen molar-refractivity contribution in [2.45, 2.75) is 52.4 Å². The van der Waals surface area contributed by atoms with E-state index < -0.39 is 8.07 Å². The van der Waals surface area contributed by atoms with Gasteiger partial charge in [-0.3, -0.25) is 9.13 Å². The van der Waals surface area contributed by atoms with Crippen LogP contribution in [-0.2, 0) is 10.8 Å². The maximum atomic E-state index is 10.1. The lowest BCUT2D eigenvalue weighted by molar-refractivity contribution is 0.590. The highest BCUT2D eigenvalue weighted by molar-refractivity contribution is 7.20. The largest absolute Gasteiger partial charge is 0.309 e. The van der Waals surface area contributed by atoms with Crippen LogP contribution in [0.25, 0.3) is 94.4 Å². The second kappa shape index (κ2) is 18.0. The molecule has 14 rings (SSSR count). The molecule has 0 fully saturated rings. The van der Waals surface area contributed by atoms with Gasteiger partial charge in [-0.2, -0.15) is 15.0 Å². The third-order valence-electron chi connectivity index (χ3n) is 15.9. The predicted octanol–water partition coefficient (Wildman–Crippen LogP) is 14.8. The summed E-state index contributed by atoms with van der Waals surface area (Å²) < 4.78 is 45.2. The van der Waals surface area contributed by atoms with Gasteiger partial charge in [-0.1, -0.05) is 223 Å². The first-order chi connectivity index (χ1) is 39.6. The summed E-state index contributed by atoms with van der Waals surface area (Å²) in [5, 5.41) is 10.9. The molecule has 6 nitrogen and oxygen atoms in total. The van der Waals surface area contributed by atoms with Crippen LogP contribution in [0.5, 0.6) is 0 Å². The zero-order valence-corrected chi connectivity index (χ0v) is 45.5. The normalized spacial score (nSPS) is 13.2. The summed E-state index contributed by atoms with van der Waals surface area (Å²) in [7, 11) is -3.06. The molecule has 0 atom stereocenters. The average molecular weight is 1030 g/mol. The maximum Gasteiger partial charge on any atom is 0.240 e. The van der Waals surface area contributed by atoms with Gasteiger partial charge in [0, 0.05) is 37.9 Å². The Labute approximate surface area is 461 Å². The number of hydrogen-bond donors (Lipinski definition) is 0. The van der Waals surface area contributed by atoms with E-state index in [1.165, 1.54) is 20.7 Å². The number of hydrogen-bond acceptors (Lipinski definition) is 3. The Kier molecular flexibility index (Phi) is 9.90. The average Bonchev–Trinajstić information content (AvgIpc) is 4.28. The fraction of sp³-hybridized carbons (Fsp3) is 0.113. The highest BCUT2D eigenvalue weighted by Crippen LogP contribution is 2.41. The van der Waals surface area contributed by atoms with E-state index in [1.54, 1.807) is 0 Å². The van der Waals surface area contributed by atoms with Crippen molar-refractivity contribution in [3.8, 4) is 29.0 Å². The molecule has 0 aliphatic heterocycles. The molecule has 4 heterocycles. The highest BCUT2D eigenvalue weighted by Gasteiger charge is 2.42. The SMILES string of the molecule is [2H]c1c([2H])c([2H])c(-n2c3ccc(C(C)(C)C)cc3c3cc(C(C)(C)C)ccc32)c(-c2nc(-n3c4ccccc4c4ccccc43)nc(-n3c4ccccc4c4ccc([Si](c5ccccc5)(c5ccccc5)c5ccccc5)cc43)n2)c1[2H]. The molecule has 0 amide bonds. The smallest absolute Gasteiger partial charge is 0.240 e. The maximum absolute atomic E-state index is 10.1. The van der Waals surface area contributed by atoms with E-state index in [4.69, 9.17) is 15.0 Å². The number of aromatic nitrogens is 6. The number of fused-ring (bicyclic) bond motifs is 9. The monoisotopic (exact) mass is 1030 g/mol. The third-order valence-corrected chi connectivity index (χ3v) is 20.7. The van der Waals surface area contributed by atoms with Crippen LogP contribution in [-0.4, -0.2) is 36.7 Å². The summed E-state index contributed by atoms with van der Waals surface area (Å²) in [6.07, 6.45) is 0. The van der Waals surface area contributed by atoms with Gasteiger partial charge in [-0.05, 0) is 103 Å². The van der Waals surface area contributed by atoms with Crippen LogP contribution in [0, 0.1) is 0 Å². The van der Waals surface area contributed by atoms with Crippen molar-refractivity contribution in [1.82, 2.24) is 28.7 Å². The molecule has 0 spiro atoms. The van der Waals surface area contributed by atoms with Crippen molar-refractivity contribution in [2.24, 2.45) is 0 Å². The number of nitrogens with zero attached hydrogens (tertiary/aromatic N) is 6. The van der Waals surface area contributed by atoms with Crippen LogP contribution in [0.2, 0.25) is 0 Å². The van der Waals surface area contributed by atoms with Gasteiger partial charge in [-0.25, -0.2) is 0 Å². The van der Waals surface area contributed by atoms with Crippen molar-refractivity contribution < 1.29 is 5.48 Å². The standard InChI is InChI=1S/C71H58N6Si/c1-70(2,3)47-38-42-64-58(44-47)59-45-48(71(4,5)6)39-43-65(59)75(64)63-37-23-19-33-57(63)67-72-68(76-60-34-20-16-30-53(60)54-31-17-21-35-61(54)76)74-69(73-67)77-62-36-22-18-32-55(62)56-41-40-52(46-66(56)77)78(49-24-10-7-11-25-49,50-26-12-8-13-27-50)51-28-14-9-15-29-51/h7-46H,1-6H3/i19D,23D,33D,37D. The van der Waals surface area contributed by atoms with Crippen molar-refractivity contribution >= 4 is 94.2 Å². The molecule has 0 saturated heterocycles. The molecule has 10 aromatic carbocycles. The van der Waals surface area contributed by atoms with Crippen molar-refractivity contribution in [2.75, 3.05) is 0 Å². The molecule has 0 N–H and O–H groups in total. The van der Waals surface area contributed by atoms with Crippen LogP contribution in [0.4, 0.5) is 0 Å². The van der Waals surface area contributed by atoms with Gasteiger partial charge in [0.2, 0.25) is 11.9 Å². The fourth-order valence-corrected chi connectivity index (χ4v) is 16.9. The predicted molar refractivity (Wildman–Crippen MR) is 329 cm³/mol. The van der Waals surface area contributed by atoms with E-state index in [0.29, 0.717) is 11.9 Å². The lowest BCUT2D eigenvalue weighted by atomic mass is 9.85. The van der Waals surface area contributed by atoms with Crippen molar-refractivity contribution in [3.05, 3.63) is 254 Å². The van der Waals surface area contributed by atoms with E-state index in [2.05, 4.69) is 239 Å². The zero-order valence-electron chi connectivity index (χ0n) is 48.5. The minimum absolute atomic E-state index is 0.0974. The van der Waals surface area contributed by atoms with Crippen LogP contribution < -0.4 is 20.7 Å². The highest BCUT2D eigenvalue weighted by atomic mass is 28.3. The van der Waals surface area contributed by atoms with Crippen molar-refractivity contribution in [3.63, 3.8) is 0 Å². The van der Waals surface area contributed by atoms with Gasteiger partial charge in [0.25, 0.3) is 0 Å². The Morgan fingerprint density at radius 2 is 0.744 bits per heavy atom. The molecular formula is C71H58N6Si. The van der Waals surface area contributed by atoms with Crippen LogP contribution in [0.3, 0.4) is 0 Å². The zero-order chi connectivity index (χ0) is 56.4. The number of benzene rings is 10. The molecule has 0 aliphatic carbocycles. The van der Waals surface area contributed by atoms with Crippen LogP contribution >= 0.6 is 0 Å². The summed E-state index contributed by atoms with van der Waals surface area (Å²) in [4.78, 5) is 16.6. The Bertz CT molecular complexity index is 4660. The summed E-state index contributed by atoms with van der Waals surface area (Å²) in [6, 6.07) is 76.1. The van der Waals surface area contributed by atoms with Gasteiger partial charge in [-0.15, -0.1) is 0 Å².